The Morgan fingerprint density at radius 2 is 1.88 bits per heavy atom. The third kappa shape index (κ3) is 3.85. The number of nitrogens with zero attached hydrogens (tertiary/aromatic N) is 3. The SMILES string of the molecule is C=N/C=C(Cl)\C(=N/CN)c1cn(Sc2ccccc2)c2ccccc12. The van der Waals surface area contributed by atoms with Crippen molar-refractivity contribution < 1.29 is 0 Å². The summed E-state index contributed by atoms with van der Waals surface area (Å²) < 4.78 is 2.11. The van der Waals surface area contributed by atoms with Crippen LogP contribution in [0.2, 0.25) is 0 Å². The Hall–Kier alpha value is -2.34. The van der Waals surface area contributed by atoms with Crippen LogP contribution in [0.1, 0.15) is 5.56 Å². The highest BCUT2D eigenvalue weighted by Crippen LogP contribution is 2.31. The fraction of sp³-hybridized carbons (Fsp3) is 0.0526. The van der Waals surface area contributed by atoms with Crippen LogP contribution in [0.25, 0.3) is 10.9 Å². The molecule has 3 rings (SSSR count). The number of allylic oxidation sites excluding steroid dienone is 1. The van der Waals surface area contributed by atoms with Crippen molar-refractivity contribution in [2.24, 2.45) is 15.7 Å². The van der Waals surface area contributed by atoms with Gasteiger partial charge in [0, 0.05) is 28.2 Å². The Bertz CT molecular complexity index is 944. The molecule has 0 amide bonds. The molecule has 2 N–H and O–H groups in total. The Kier molecular flexibility index (Phi) is 5.71. The molecule has 1 aromatic heterocycles. The number of halogens is 1. The van der Waals surface area contributed by atoms with E-state index in [1.165, 1.54) is 6.20 Å². The van der Waals surface area contributed by atoms with Crippen molar-refractivity contribution in [1.29, 1.82) is 0 Å². The molecule has 0 saturated carbocycles. The molecule has 3 aromatic rings. The van der Waals surface area contributed by atoms with Gasteiger partial charge >= 0.3 is 0 Å². The molecule has 25 heavy (non-hydrogen) atoms. The molecular weight excluding hydrogens is 352 g/mol. The number of fused-ring (bicyclic) bond motifs is 1. The zero-order valence-electron chi connectivity index (χ0n) is 13.5. The molecule has 0 spiro atoms. The van der Waals surface area contributed by atoms with Crippen LogP contribution in [0, 0.1) is 0 Å². The topological polar surface area (TPSA) is 55.7 Å². The van der Waals surface area contributed by atoms with E-state index in [2.05, 4.69) is 38.9 Å². The second kappa shape index (κ2) is 8.16. The molecule has 1 heterocycles. The second-order valence-corrected chi connectivity index (χ2v) is 6.59. The minimum atomic E-state index is 0.141. The Labute approximate surface area is 155 Å². The monoisotopic (exact) mass is 368 g/mol. The first-order chi connectivity index (χ1) is 12.2. The van der Waals surface area contributed by atoms with E-state index in [0.717, 1.165) is 21.4 Å². The van der Waals surface area contributed by atoms with E-state index in [1.807, 2.05) is 42.6 Å². The van der Waals surface area contributed by atoms with Gasteiger partial charge in [-0.1, -0.05) is 48.0 Å². The lowest BCUT2D eigenvalue weighted by Gasteiger charge is -2.04. The lowest BCUT2D eigenvalue weighted by Crippen LogP contribution is -2.06. The van der Waals surface area contributed by atoms with E-state index in [4.69, 9.17) is 17.3 Å². The number of para-hydroxylation sites is 1. The van der Waals surface area contributed by atoms with Crippen LogP contribution >= 0.6 is 23.5 Å². The van der Waals surface area contributed by atoms with Gasteiger partial charge in [-0.2, -0.15) is 0 Å². The van der Waals surface area contributed by atoms with Gasteiger partial charge in [0.25, 0.3) is 0 Å². The van der Waals surface area contributed by atoms with Gasteiger partial charge in [0.1, 0.15) is 0 Å². The van der Waals surface area contributed by atoms with Crippen molar-refractivity contribution in [2.75, 3.05) is 6.67 Å². The maximum absolute atomic E-state index is 6.36. The lowest BCUT2D eigenvalue weighted by molar-refractivity contribution is 1.07. The Morgan fingerprint density at radius 1 is 1.16 bits per heavy atom. The molecule has 0 atom stereocenters. The van der Waals surface area contributed by atoms with Crippen molar-refractivity contribution in [3.63, 3.8) is 0 Å². The molecule has 0 radical (unpaired) electrons. The van der Waals surface area contributed by atoms with Gasteiger partial charge < -0.3 is 5.73 Å². The average molecular weight is 369 g/mol. The average Bonchev–Trinajstić information content (AvgIpc) is 2.99. The molecule has 0 aliphatic heterocycles. The van der Waals surface area contributed by atoms with E-state index >= 15 is 0 Å². The first-order valence-corrected chi connectivity index (χ1v) is 8.80. The van der Waals surface area contributed by atoms with Crippen molar-refractivity contribution in [1.82, 2.24) is 3.97 Å². The van der Waals surface area contributed by atoms with Gasteiger partial charge in [-0.25, -0.2) is 0 Å². The van der Waals surface area contributed by atoms with Gasteiger partial charge in [-0.05, 0) is 36.9 Å². The first-order valence-electron chi connectivity index (χ1n) is 7.65. The third-order valence-corrected chi connectivity index (χ3v) is 4.82. The summed E-state index contributed by atoms with van der Waals surface area (Å²) in [5.41, 5.74) is 8.24. The summed E-state index contributed by atoms with van der Waals surface area (Å²) in [6.45, 7) is 3.59. The predicted octanol–water partition coefficient (Wildman–Crippen LogP) is 4.68. The summed E-state index contributed by atoms with van der Waals surface area (Å²) in [5, 5.41) is 1.46. The van der Waals surface area contributed by atoms with Crippen molar-refractivity contribution >= 4 is 46.9 Å². The number of aliphatic imine (C=N–C) groups is 2. The third-order valence-electron chi connectivity index (χ3n) is 3.56. The zero-order valence-corrected chi connectivity index (χ0v) is 15.0. The van der Waals surface area contributed by atoms with E-state index in [9.17, 15) is 0 Å². The van der Waals surface area contributed by atoms with Gasteiger partial charge in [-0.15, -0.1) is 0 Å². The minimum absolute atomic E-state index is 0.141. The van der Waals surface area contributed by atoms with Crippen LogP contribution in [-0.2, 0) is 0 Å². The number of aromatic nitrogens is 1. The Balaban J connectivity index is 2.14. The molecule has 0 fully saturated rings. The van der Waals surface area contributed by atoms with Crippen LogP contribution in [0.3, 0.4) is 0 Å². The van der Waals surface area contributed by atoms with Crippen LogP contribution in [0.15, 0.2) is 86.9 Å². The van der Waals surface area contributed by atoms with Crippen molar-refractivity contribution in [3.05, 3.63) is 77.6 Å². The largest absolute Gasteiger partial charge is 0.312 e. The summed E-state index contributed by atoms with van der Waals surface area (Å²) in [6, 6.07) is 18.3. The quantitative estimate of drug-likeness (QED) is 0.642. The van der Waals surface area contributed by atoms with E-state index in [1.54, 1.807) is 11.9 Å². The summed E-state index contributed by atoms with van der Waals surface area (Å²) >= 11 is 7.99. The highest BCUT2D eigenvalue weighted by atomic mass is 35.5. The summed E-state index contributed by atoms with van der Waals surface area (Å²) in [6.07, 6.45) is 3.50. The van der Waals surface area contributed by atoms with E-state index in [0.29, 0.717) is 10.7 Å². The molecule has 0 unspecified atom stereocenters. The van der Waals surface area contributed by atoms with Gasteiger partial charge in [0.15, 0.2) is 0 Å². The van der Waals surface area contributed by atoms with Crippen LogP contribution in [-0.4, -0.2) is 23.1 Å². The lowest BCUT2D eigenvalue weighted by atomic mass is 10.1. The van der Waals surface area contributed by atoms with Crippen LogP contribution in [0.5, 0.6) is 0 Å². The standard InChI is InChI=1S/C19H17ClN4S/c1-22-11-17(20)19(23-13-21)16-12-24(18-10-6-5-9-15(16)18)25-14-7-3-2-4-8-14/h2-12H,1,13,21H2/b17-11+,23-19-. The maximum Gasteiger partial charge on any atom is 0.0886 e. The summed E-state index contributed by atoms with van der Waals surface area (Å²) in [4.78, 5) is 9.25. The highest BCUT2D eigenvalue weighted by molar-refractivity contribution is 7.98. The van der Waals surface area contributed by atoms with Gasteiger partial charge in [0.05, 0.1) is 22.9 Å². The molecule has 0 aliphatic carbocycles. The zero-order chi connectivity index (χ0) is 17.6. The molecule has 0 bridgehead atoms. The molecular formula is C19H17ClN4S. The van der Waals surface area contributed by atoms with Gasteiger partial charge in [0.2, 0.25) is 0 Å². The van der Waals surface area contributed by atoms with E-state index in [-0.39, 0.29) is 6.67 Å². The number of nitrogens with two attached hydrogens (primary N) is 1. The fourth-order valence-electron chi connectivity index (χ4n) is 2.53. The smallest absolute Gasteiger partial charge is 0.0886 e. The molecule has 0 saturated heterocycles. The van der Waals surface area contributed by atoms with E-state index < -0.39 is 0 Å². The first kappa shape index (κ1) is 17.5. The molecule has 0 aliphatic rings. The fourth-order valence-corrected chi connectivity index (χ4v) is 3.68. The highest BCUT2D eigenvalue weighted by Gasteiger charge is 2.16. The second-order valence-electron chi connectivity index (χ2n) is 5.14. The molecule has 2 aromatic carbocycles. The van der Waals surface area contributed by atoms with Gasteiger partial charge in [-0.3, -0.25) is 14.0 Å². The minimum Gasteiger partial charge on any atom is -0.312 e. The number of benzene rings is 2. The Morgan fingerprint density at radius 3 is 2.60 bits per heavy atom. The number of hydrogen-bond donors (Lipinski definition) is 1. The molecule has 126 valence electrons. The summed E-state index contributed by atoms with van der Waals surface area (Å²) in [5.74, 6) is 0. The maximum atomic E-state index is 6.36. The van der Waals surface area contributed by atoms with Crippen molar-refractivity contribution in [3.8, 4) is 0 Å². The number of rotatable bonds is 6. The van der Waals surface area contributed by atoms with Crippen LogP contribution in [0.4, 0.5) is 0 Å². The van der Waals surface area contributed by atoms with Crippen LogP contribution < -0.4 is 5.73 Å². The number of hydrogen-bond acceptors (Lipinski definition) is 4. The van der Waals surface area contributed by atoms with Crippen molar-refractivity contribution in [2.45, 2.75) is 4.90 Å². The normalized spacial score (nSPS) is 12.6. The predicted molar refractivity (Wildman–Crippen MR) is 109 cm³/mol. The molecule has 4 nitrogen and oxygen atoms in total. The molecule has 6 heteroatoms. The summed E-state index contributed by atoms with van der Waals surface area (Å²) in [7, 11) is 0.